The second kappa shape index (κ2) is 6.57. The number of hydrogen-bond acceptors (Lipinski definition) is 3. The maximum atomic E-state index is 11.2. The van der Waals surface area contributed by atoms with Crippen LogP contribution in [0, 0.1) is 0 Å². The molecule has 104 valence electrons. The second-order valence-electron chi connectivity index (χ2n) is 5.08. The number of likely N-dealkylation sites (tertiary alicyclic amines) is 1. The van der Waals surface area contributed by atoms with E-state index >= 15 is 0 Å². The van der Waals surface area contributed by atoms with E-state index in [9.17, 15) is 4.79 Å². The number of benzene rings is 1. The highest BCUT2D eigenvalue weighted by Gasteiger charge is 2.23. The molecule has 0 bridgehead atoms. The molecular weight excluding hydrogens is 240 g/mol. The van der Waals surface area contributed by atoms with Crippen LogP contribution < -0.4 is 10.5 Å². The molecule has 0 spiro atoms. The van der Waals surface area contributed by atoms with Crippen molar-refractivity contribution in [2.45, 2.75) is 31.7 Å². The lowest BCUT2D eigenvalue weighted by atomic mass is 10.0. The summed E-state index contributed by atoms with van der Waals surface area (Å²) in [6.45, 7) is 1.29. The molecule has 19 heavy (non-hydrogen) atoms. The molecule has 1 amide bonds. The Bertz CT molecular complexity index is 417. The number of rotatable bonds is 4. The summed E-state index contributed by atoms with van der Waals surface area (Å²) >= 11 is 0. The van der Waals surface area contributed by atoms with Gasteiger partial charge >= 0.3 is 0 Å². The first-order valence-corrected chi connectivity index (χ1v) is 6.87. The minimum atomic E-state index is -0.250. The number of amides is 1. The lowest BCUT2D eigenvalue weighted by Crippen LogP contribution is -2.36. The van der Waals surface area contributed by atoms with Crippen molar-refractivity contribution in [2.75, 3.05) is 20.2 Å². The largest absolute Gasteiger partial charge is 0.497 e. The molecule has 1 aromatic carbocycles. The van der Waals surface area contributed by atoms with E-state index in [0.29, 0.717) is 12.6 Å². The Morgan fingerprint density at radius 3 is 2.68 bits per heavy atom. The van der Waals surface area contributed by atoms with Crippen molar-refractivity contribution in [2.24, 2.45) is 5.73 Å². The topological polar surface area (TPSA) is 55.6 Å². The quantitative estimate of drug-likeness (QED) is 0.904. The van der Waals surface area contributed by atoms with Crippen molar-refractivity contribution >= 4 is 5.91 Å². The maximum absolute atomic E-state index is 11.2. The molecule has 2 N–H and O–H groups in total. The van der Waals surface area contributed by atoms with E-state index in [0.717, 1.165) is 25.1 Å². The van der Waals surface area contributed by atoms with Crippen LogP contribution in [-0.4, -0.2) is 31.0 Å². The fourth-order valence-corrected chi connectivity index (χ4v) is 2.76. The molecule has 1 fully saturated rings. The number of carbonyl (C=O) groups excluding carboxylic acids is 1. The van der Waals surface area contributed by atoms with E-state index in [1.807, 2.05) is 12.1 Å². The summed E-state index contributed by atoms with van der Waals surface area (Å²) < 4.78 is 5.18. The van der Waals surface area contributed by atoms with Gasteiger partial charge in [0.1, 0.15) is 5.75 Å². The molecule has 1 atom stereocenters. The van der Waals surface area contributed by atoms with Gasteiger partial charge in [0.2, 0.25) is 5.91 Å². The lowest BCUT2D eigenvalue weighted by molar-refractivity contribution is -0.119. The van der Waals surface area contributed by atoms with Crippen LogP contribution in [0.1, 0.15) is 37.3 Å². The molecule has 1 saturated heterocycles. The number of hydrogen-bond donors (Lipinski definition) is 1. The molecule has 4 heteroatoms. The Balaban J connectivity index is 2.17. The summed E-state index contributed by atoms with van der Waals surface area (Å²) in [7, 11) is 1.67. The van der Waals surface area contributed by atoms with Crippen LogP contribution in [0.5, 0.6) is 5.75 Å². The zero-order valence-corrected chi connectivity index (χ0v) is 11.5. The highest BCUT2D eigenvalue weighted by atomic mass is 16.5. The molecule has 1 aliphatic heterocycles. The normalized spacial score (nSPS) is 20.8. The standard InChI is InChI=1S/C15H22N2O2/c1-19-13-8-6-12(7-9-13)14-5-3-2-4-10-17(14)11-15(16)18/h6-9,14H,2-5,10-11H2,1H3,(H2,16,18)/t14-/m1/s1. The van der Waals surface area contributed by atoms with Crippen LogP contribution >= 0.6 is 0 Å². The molecule has 0 aliphatic carbocycles. The van der Waals surface area contributed by atoms with Gasteiger partial charge in [-0.15, -0.1) is 0 Å². The smallest absolute Gasteiger partial charge is 0.231 e. The van der Waals surface area contributed by atoms with Gasteiger partial charge in [-0.25, -0.2) is 0 Å². The van der Waals surface area contributed by atoms with Crippen molar-refractivity contribution in [1.29, 1.82) is 0 Å². The van der Waals surface area contributed by atoms with Crippen molar-refractivity contribution in [3.63, 3.8) is 0 Å². The van der Waals surface area contributed by atoms with Crippen molar-refractivity contribution in [3.05, 3.63) is 29.8 Å². The summed E-state index contributed by atoms with van der Waals surface area (Å²) in [5.41, 5.74) is 6.60. The van der Waals surface area contributed by atoms with Crippen LogP contribution in [0.15, 0.2) is 24.3 Å². The fourth-order valence-electron chi connectivity index (χ4n) is 2.76. The van der Waals surface area contributed by atoms with Gasteiger partial charge in [0.05, 0.1) is 13.7 Å². The summed E-state index contributed by atoms with van der Waals surface area (Å²) in [5, 5.41) is 0. The highest BCUT2D eigenvalue weighted by molar-refractivity contribution is 5.76. The number of nitrogens with two attached hydrogens (primary N) is 1. The second-order valence-corrected chi connectivity index (χ2v) is 5.08. The number of methoxy groups -OCH3 is 1. The predicted molar refractivity (Wildman–Crippen MR) is 75.0 cm³/mol. The average molecular weight is 262 g/mol. The first-order chi connectivity index (χ1) is 9.20. The Kier molecular flexibility index (Phi) is 4.80. The third kappa shape index (κ3) is 3.70. The van der Waals surface area contributed by atoms with Crippen molar-refractivity contribution < 1.29 is 9.53 Å². The van der Waals surface area contributed by atoms with Gasteiger partial charge in [0, 0.05) is 6.04 Å². The molecule has 2 rings (SSSR count). The molecule has 0 saturated carbocycles. The third-order valence-electron chi connectivity index (χ3n) is 3.72. The van der Waals surface area contributed by atoms with Gasteiger partial charge < -0.3 is 10.5 Å². The number of nitrogens with zero attached hydrogens (tertiary/aromatic N) is 1. The monoisotopic (exact) mass is 262 g/mol. The van der Waals surface area contributed by atoms with Gasteiger partial charge in [-0.1, -0.05) is 25.0 Å². The van der Waals surface area contributed by atoms with Gasteiger partial charge in [0.15, 0.2) is 0 Å². The summed E-state index contributed by atoms with van der Waals surface area (Å²) in [5.74, 6) is 0.610. The van der Waals surface area contributed by atoms with Gasteiger partial charge in [-0.05, 0) is 37.1 Å². The molecule has 1 aliphatic rings. The minimum absolute atomic E-state index is 0.250. The summed E-state index contributed by atoms with van der Waals surface area (Å²) in [6, 6.07) is 8.41. The van der Waals surface area contributed by atoms with E-state index in [1.54, 1.807) is 7.11 Å². The Labute approximate surface area is 114 Å². The number of primary amides is 1. The average Bonchev–Trinajstić information content (AvgIpc) is 2.64. The highest BCUT2D eigenvalue weighted by Crippen LogP contribution is 2.30. The molecule has 1 heterocycles. The third-order valence-corrected chi connectivity index (χ3v) is 3.72. The van der Waals surface area contributed by atoms with E-state index in [2.05, 4.69) is 17.0 Å². The van der Waals surface area contributed by atoms with Crippen molar-refractivity contribution in [1.82, 2.24) is 4.90 Å². The van der Waals surface area contributed by atoms with E-state index < -0.39 is 0 Å². The molecule has 0 unspecified atom stereocenters. The predicted octanol–water partition coefficient (Wildman–Crippen LogP) is 2.10. The zero-order valence-electron chi connectivity index (χ0n) is 11.5. The van der Waals surface area contributed by atoms with Crippen LogP contribution in [0.4, 0.5) is 0 Å². The van der Waals surface area contributed by atoms with Gasteiger partial charge in [0.25, 0.3) is 0 Å². The maximum Gasteiger partial charge on any atom is 0.231 e. The van der Waals surface area contributed by atoms with E-state index in [4.69, 9.17) is 10.5 Å². The van der Waals surface area contributed by atoms with Crippen molar-refractivity contribution in [3.8, 4) is 5.75 Å². The molecule has 0 radical (unpaired) electrons. The van der Waals surface area contributed by atoms with E-state index in [-0.39, 0.29) is 5.91 Å². The Morgan fingerprint density at radius 1 is 1.32 bits per heavy atom. The Morgan fingerprint density at radius 2 is 2.05 bits per heavy atom. The Hall–Kier alpha value is -1.55. The SMILES string of the molecule is COc1ccc([C@H]2CCCCCN2CC(N)=O)cc1. The zero-order chi connectivity index (χ0) is 13.7. The van der Waals surface area contributed by atoms with Crippen LogP contribution in [-0.2, 0) is 4.79 Å². The molecule has 1 aromatic rings. The van der Waals surface area contributed by atoms with E-state index in [1.165, 1.54) is 18.4 Å². The number of carbonyl (C=O) groups is 1. The minimum Gasteiger partial charge on any atom is -0.497 e. The summed E-state index contributed by atoms with van der Waals surface area (Å²) in [6.07, 6.45) is 4.65. The van der Waals surface area contributed by atoms with Gasteiger partial charge in [-0.2, -0.15) is 0 Å². The first-order valence-electron chi connectivity index (χ1n) is 6.87. The van der Waals surface area contributed by atoms with Crippen LogP contribution in [0.25, 0.3) is 0 Å². The molecular formula is C15H22N2O2. The number of ether oxygens (including phenoxy) is 1. The first kappa shape index (κ1) is 13.9. The fraction of sp³-hybridized carbons (Fsp3) is 0.533. The lowest BCUT2D eigenvalue weighted by Gasteiger charge is -2.29. The molecule has 4 nitrogen and oxygen atoms in total. The summed E-state index contributed by atoms with van der Waals surface area (Å²) in [4.78, 5) is 13.4. The van der Waals surface area contributed by atoms with Gasteiger partial charge in [-0.3, -0.25) is 9.69 Å². The van der Waals surface area contributed by atoms with Crippen LogP contribution in [0.2, 0.25) is 0 Å². The van der Waals surface area contributed by atoms with Crippen LogP contribution in [0.3, 0.4) is 0 Å². The molecule has 0 aromatic heterocycles.